The van der Waals surface area contributed by atoms with E-state index in [1.54, 1.807) is 12.1 Å². The molecule has 0 aliphatic rings. The van der Waals surface area contributed by atoms with E-state index in [1.807, 2.05) is 13.0 Å². The standard InChI is InChI=1S/C15H20BrNO4/c1-3-4-5-12(15(19)20)17-14(18)9-10-8-11(16)6-7-13(10)21-2/h6-8,12H,3-5,9H2,1-2H3,(H,17,18)(H,19,20)/t12-/m0/s1. The summed E-state index contributed by atoms with van der Waals surface area (Å²) in [5, 5.41) is 11.7. The van der Waals surface area contributed by atoms with Crippen molar-refractivity contribution < 1.29 is 19.4 Å². The lowest BCUT2D eigenvalue weighted by Gasteiger charge is -2.15. The number of aliphatic carboxylic acids is 1. The molecule has 1 atom stereocenters. The molecule has 0 spiro atoms. The first-order chi connectivity index (χ1) is 9.97. The SMILES string of the molecule is CCCC[C@H](NC(=O)Cc1cc(Br)ccc1OC)C(=O)O. The molecule has 0 unspecified atom stereocenters. The lowest BCUT2D eigenvalue weighted by atomic mass is 10.1. The maximum atomic E-state index is 12.0. The number of halogens is 1. The summed E-state index contributed by atoms with van der Waals surface area (Å²) in [5.74, 6) is -0.721. The molecule has 1 amide bonds. The van der Waals surface area contributed by atoms with E-state index in [9.17, 15) is 9.59 Å². The Morgan fingerprint density at radius 1 is 1.43 bits per heavy atom. The number of unbranched alkanes of at least 4 members (excludes halogenated alkanes) is 1. The second-order valence-electron chi connectivity index (χ2n) is 4.73. The molecule has 0 saturated carbocycles. The van der Waals surface area contributed by atoms with Gasteiger partial charge in [0.05, 0.1) is 13.5 Å². The molecule has 0 aliphatic heterocycles. The highest BCUT2D eigenvalue weighted by molar-refractivity contribution is 9.10. The van der Waals surface area contributed by atoms with Gasteiger partial charge in [0.15, 0.2) is 0 Å². The van der Waals surface area contributed by atoms with E-state index in [0.29, 0.717) is 17.7 Å². The number of hydrogen-bond donors (Lipinski definition) is 2. The largest absolute Gasteiger partial charge is 0.496 e. The van der Waals surface area contributed by atoms with Gasteiger partial charge in [0.2, 0.25) is 5.91 Å². The van der Waals surface area contributed by atoms with Gasteiger partial charge in [-0.1, -0.05) is 35.7 Å². The van der Waals surface area contributed by atoms with Crippen molar-refractivity contribution in [1.29, 1.82) is 0 Å². The van der Waals surface area contributed by atoms with Crippen LogP contribution in [0, 0.1) is 0 Å². The van der Waals surface area contributed by atoms with E-state index in [0.717, 1.165) is 17.3 Å². The Morgan fingerprint density at radius 2 is 2.14 bits per heavy atom. The number of ether oxygens (including phenoxy) is 1. The van der Waals surface area contributed by atoms with E-state index in [4.69, 9.17) is 9.84 Å². The van der Waals surface area contributed by atoms with Crippen molar-refractivity contribution in [3.8, 4) is 5.75 Å². The monoisotopic (exact) mass is 357 g/mol. The Kier molecular flexibility index (Phi) is 7.22. The summed E-state index contributed by atoms with van der Waals surface area (Å²) >= 11 is 3.34. The zero-order valence-corrected chi connectivity index (χ0v) is 13.8. The van der Waals surface area contributed by atoms with Crippen molar-refractivity contribution in [3.63, 3.8) is 0 Å². The summed E-state index contributed by atoms with van der Waals surface area (Å²) in [6, 6.07) is 4.54. The van der Waals surface area contributed by atoms with E-state index in [1.165, 1.54) is 7.11 Å². The molecule has 0 aliphatic carbocycles. The van der Waals surface area contributed by atoms with Crippen LogP contribution in [0.4, 0.5) is 0 Å². The molecule has 6 heteroatoms. The average Bonchev–Trinajstić information content (AvgIpc) is 2.43. The number of carboxylic acids is 1. The molecule has 0 radical (unpaired) electrons. The Bertz CT molecular complexity index is 504. The highest BCUT2D eigenvalue weighted by Crippen LogP contribution is 2.23. The van der Waals surface area contributed by atoms with Crippen LogP contribution in [-0.4, -0.2) is 30.1 Å². The minimum absolute atomic E-state index is 0.0819. The van der Waals surface area contributed by atoms with Crippen LogP contribution in [0.15, 0.2) is 22.7 Å². The van der Waals surface area contributed by atoms with Gasteiger partial charge in [0, 0.05) is 10.0 Å². The number of hydrogen-bond acceptors (Lipinski definition) is 3. The van der Waals surface area contributed by atoms with Crippen LogP contribution in [0.1, 0.15) is 31.7 Å². The summed E-state index contributed by atoms with van der Waals surface area (Å²) < 4.78 is 6.04. The van der Waals surface area contributed by atoms with Crippen LogP contribution in [0.3, 0.4) is 0 Å². The maximum absolute atomic E-state index is 12.0. The topological polar surface area (TPSA) is 75.6 Å². The fourth-order valence-corrected chi connectivity index (χ4v) is 2.38. The third-order valence-electron chi connectivity index (χ3n) is 3.07. The Morgan fingerprint density at radius 3 is 2.71 bits per heavy atom. The number of benzene rings is 1. The fraction of sp³-hybridized carbons (Fsp3) is 0.467. The first-order valence-corrected chi connectivity index (χ1v) is 7.61. The van der Waals surface area contributed by atoms with Crippen LogP contribution >= 0.6 is 15.9 Å². The van der Waals surface area contributed by atoms with Crippen LogP contribution in [0.5, 0.6) is 5.75 Å². The molecule has 1 rings (SSSR count). The van der Waals surface area contributed by atoms with Crippen LogP contribution in [0.25, 0.3) is 0 Å². The van der Waals surface area contributed by atoms with Gasteiger partial charge in [-0.3, -0.25) is 4.79 Å². The number of methoxy groups -OCH3 is 1. The Labute approximate surface area is 132 Å². The molecule has 116 valence electrons. The summed E-state index contributed by atoms with van der Waals surface area (Å²) in [6.07, 6.45) is 2.17. The highest BCUT2D eigenvalue weighted by Gasteiger charge is 2.20. The second kappa shape index (κ2) is 8.67. The number of carbonyl (C=O) groups excluding carboxylic acids is 1. The van der Waals surface area contributed by atoms with Gasteiger partial charge in [-0.25, -0.2) is 4.79 Å². The Hall–Kier alpha value is -1.56. The van der Waals surface area contributed by atoms with Crippen molar-refractivity contribution in [2.75, 3.05) is 7.11 Å². The van der Waals surface area contributed by atoms with Gasteiger partial charge in [0.1, 0.15) is 11.8 Å². The van der Waals surface area contributed by atoms with E-state index < -0.39 is 12.0 Å². The van der Waals surface area contributed by atoms with Crippen LogP contribution in [-0.2, 0) is 16.0 Å². The molecule has 5 nitrogen and oxygen atoms in total. The summed E-state index contributed by atoms with van der Waals surface area (Å²) in [5.41, 5.74) is 0.712. The molecule has 0 heterocycles. The fourth-order valence-electron chi connectivity index (χ4n) is 1.97. The minimum Gasteiger partial charge on any atom is -0.496 e. The molecule has 0 aromatic heterocycles. The number of nitrogens with one attached hydrogen (secondary N) is 1. The van der Waals surface area contributed by atoms with Gasteiger partial charge < -0.3 is 15.2 Å². The third-order valence-corrected chi connectivity index (χ3v) is 3.57. The predicted octanol–water partition coefficient (Wildman–Crippen LogP) is 2.76. The number of carbonyl (C=O) groups is 2. The second-order valence-corrected chi connectivity index (χ2v) is 5.65. The molecule has 1 aromatic rings. The predicted molar refractivity (Wildman–Crippen MR) is 83.5 cm³/mol. The smallest absolute Gasteiger partial charge is 0.326 e. The van der Waals surface area contributed by atoms with Crippen molar-refractivity contribution in [2.45, 2.75) is 38.6 Å². The highest BCUT2D eigenvalue weighted by atomic mass is 79.9. The number of rotatable bonds is 8. The molecule has 2 N–H and O–H groups in total. The molecule has 0 saturated heterocycles. The molecular weight excluding hydrogens is 338 g/mol. The van der Waals surface area contributed by atoms with Gasteiger partial charge in [-0.05, 0) is 24.6 Å². The normalized spacial score (nSPS) is 11.8. The average molecular weight is 358 g/mol. The van der Waals surface area contributed by atoms with Gasteiger partial charge in [-0.15, -0.1) is 0 Å². The summed E-state index contributed by atoms with van der Waals surface area (Å²) in [6.45, 7) is 1.98. The first-order valence-electron chi connectivity index (χ1n) is 6.82. The first kappa shape index (κ1) is 17.5. The van der Waals surface area contributed by atoms with E-state index in [2.05, 4.69) is 21.2 Å². The maximum Gasteiger partial charge on any atom is 0.326 e. The zero-order valence-electron chi connectivity index (χ0n) is 12.2. The zero-order chi connectivity index (χ0) is 15.8. The van der Waals surface area contributed by atoms with E-state index in [-0.39, 0.29) is 12.3 Å². The van der Waals surface area contributed by atoms with Crippen molar-refractivity contribution in [1.82, 2.24) is 5.32 Å². The quantitative estimate of drug-likeness (QED) is 0.749. The molecular formula is C15H20BrNO4. The lowest BCUT2D eigenvalue weighted by Crippen LogP contribution is -2.41. The lowest BCUT2D eigenvalue weighted by molar-refractivity contribution is -0.142. The molecule has 21 heavy (non-hydrogen) atoms. The summed E-state index contributed by atoms with van der Waals surface area (Å²) in [4.78, 5) is 23.1. The van der Waals surface area contributed by atoms with Crippen LogP contribution in [0.2, 0.25) is 0 Å². The number of carboxylic acid groups (broad SMARTS) is 1. The van der Waals surface area contributed by atoms with Gasteiger partial charge in [-0.2, -0.15) is 0 Å². The van der Waals surface area contributed by atoms with Crippen molar-refractivity contribution in [2.24, 2.45) is 0 Å². The van der Waals surface area contributed by atoms with Gasteiger partial charge >= 0.3 is 5.97 Å². The van der Waals surface area contributed by atoms with Crippen molar-refractivity contribution >= 4 is 27.8 Å². The molecule has 0 bridgehead atoms. The number of amides is 1. The third kappa shape index (κ3) is 5.75. The Balaban J connectivity index is 2.71. The summed E-state index contributed by atoms with van der Waals surface area (Å²) in [7, 11) is 1.53. The van der Waals surface area contributed by atoms with Crippen molar-refractivity contribution in [3.05, 3.63) is 28.2 Å². The molecule has 0 fully saturated rings. The van der Waals surface area contributed by atoms with E-state index >= 15 is 0 Å². The minimum atomic E-state index is -1.00. The van der Waals surface area contributed by atoms with Crippen LogP contribution < -0.4 is 10.1 Å². The van der Waals surface area contributed by atoms with Gasteiger partial charge in [0.25, 0.3) is 0 Å². The molecule has 1 aromatic carbocycles.